The molecule has 0 bridgehead atoms. The van der Waals surface area contributed by atoms with E-state index >= 15 is 0 Å². The van der Waals surface area contributed by atoms with Crippen LogP contribution in [-0.4, -0.2) is 67.8 Å². The lowest BCUT2D eigenvalue weighted by Gasteiger charge is -2.36. The van der Waals surface area contributed by atoms with Gasteiger partial charge < -0.3 is 5.32 Å². The molecular formula is C20H30N4O4S. The normalized spacial score (nSPS) is 20.3. The number of piperazine rings is 1. The first-order valence-corrected chi connectivity index (χ1v) is 11.6. The van der Waals surface area contributed by atoms with Crippen LogP contribution < -0.4 is 10.6 Å². The van der Waals surface area contributed by atoms with Crippen molar-refractivity contribution in [3.05, 3.63) is 29.8 Å². The van der Waals surface area contributed by atoms with Gasteiger partial charge >= 0.3 is 6.03 Å². The molecule has 3 rings (SSSR count). The van der Waals surface area contributed by atoms with Crippen LogP contribution in [-0.2, 0) is 14.8 Å². The molecule has 0 spiro atoms. The minimum Gasteiger partial charge on any atom is -0.335 e. The number of carbonyl (C=O) groups excluding carboxylic acids is 2. The van der Waals surface area contributed by atoms with Gasteiger partial charge in [0.2, 0.25) is 15.9 Å². The zero-order chi connectivity index (χ0) is 21.0. The van der Waals surface area contributed by atoms with E-state index < -0.39 is 22.1 Å². The molecule has 1 aromatic rings. The Morgan fingerprint density at radius 2 is 1.62 bits per heavy atom. The third-order valence-electron chi connectivity index (χ3n) is 5.79. The predicted molar refractivity (Wildman–Crippen MR) is 110 cm³/mol. The molecule has 1 unspecified atom stereocenters. The molecule has 9 heteroatoms. The molecule has 29 heavy (non-hydrogen) atoms. The van der Waals surface area contributed by atoms with Gasteiger partial charge in [-0.05, 0) is 38.8 Å². The van der Waals surface area contributed by atoms with Crippen molar-refractivity contribution in [1.82, 2.24) is 19.8 Å². The van der Waals surface area contributed by atoms with E-state index in [4.69, 9.17) is 0 Å². The minimum absolute atomic E-state index is 0.147. The summed E-state index contributed by atoms with van der Waals surface area (Å²) in [5.74, 6) is -0.365. The standard InChI is InChI=1S/C20H30N4O4S/c1-15-7-9-18(10-8-15)29(27,28)24-13-11-23(12-14-24)16(2)19(25)22-20(26)21-17-5-3-4-6-17/h7-10,16-17H,3-6,11-14H2,1-2H3,(H2,21,22,25,26). The molecule has 160 valence electrons. The van der Waals surface area contributed by atoms with Crippen LogP contribution in [0.3, 0.4) is 0 Å². The van der Waals surface area contributed by atoms with E-state index in [1.807, 2.05) is 11.8 Å². The molecule has 0 aromatic heterocycles. The summed E-state index contributed by atoms with van der Waals surface area (Å²) in [5.41, 5.74) is 1.01. The summed E-state index contributed by atoms with van der Waals surface area (Å²) in [7, 11) is -3.54. The van der Waals surface area contributed by atoms with Crippen molar-refractivity contribution in [2.45, 2.75) is 56.5 Å². The number of benzene rings is 1. The van der Waals surface area contributed by atoms with E-state index in [1.54, 1.807) is 31.2 Å². The van der Waals surface area contributed by atoms with Gasteiger partial charge in [-0.25, -0.2) is 13.2 Å². The van der Waals surface area contributed by atoms with Crippen molar-refractivity contribution in [3.8, 4) is 0 Å². The Morgan fingerprint density at radius 1 is 1.03 bits per heavy atom. The van der Waals surface area contributed by atoms with Gasteiger partial charge in [-0.2, -0.15) is 4.31 Å². The van der Waals surface area contributed by atoms with E-state index in [0.29, 0.717) is 26.2 Å². The second-order valence-electron chi connectivity index (χ2n) is 7.87. The number of aryl methyl sites for hydroxylation is 1. The van der Waals surface area contributed by atoms with Crippen LogP contribution in [0.2, 0.25) is 0 Å². The summed E-state index contributed by atoms with van der Waals surface area (Å²) in [4.78, 5) is 26.6. The second-order valence-corrected chi connectivity index (χ2v) is 9.81. The molecule has 1 aliphatic carbocycles. The zero-order valence-electron chi connectivity index (χ0n) is 17.1. The predicted octanol–water partition coefficient (Wildman–Crippen LogP) is 1.46. The summed E-state index contributed by atoms with van der Waals surface area (Å²) >= 11 is 0. The molecule has 8 nitrogen and oxygen atoms in total. The Kier molecular flexibility index (Phi) is 6.92. The van der Waals surface area contributed by atoms with Gasteiger partial charge in [0.25, 0.3) is 0 Å². The van der Waals surface area contributed by atoms with Gasteiger partial charge in [-0.3, -0.25) is 15.0 Å². The highest BCUT2D eigenvalue weighted by atomic mass is 32.2. The van der Waals surface area contributed by atoms with E-state index in [2.05, 4.69) is 10.6 Å². The highest BCUT2D eigenvalue weighted by Gasteiger charge is 2.32. The fraction of sp³-hybridized carbons (Fsp3) is 0.600. The molecule has 2 aliphatic rings. The van der Waals surface area contributed by atoms with Crippen molar-refractivity contribution in [2.24, 2.45) is 0 Å². The summed E-state index contributed by atoms with van der Waals surface area (Å²) < 4.78 is 27.0. The maximum absolute atomic E-state index is 12.8. The topological polar surface area (TPSA) is 98.8 Å². The molecule has 1 aromatic carbocycles. The van der Waals surface area contributed by atoms with Crippen LogP contribution in [0.4, 0.5) is 4.79 Å². The van der Waals surface area contributed by atoms with Crippen LogP contribution >= 0.6 is 0 Å². The van der Waals surface area contributed by atoms with E-state index in [9.17, 15) is 18.0 Å². The first kappa shape index (κ1) is 21.7. The number of imide groups is 1. The smallest absolute Gasteiger partial charge is 0.321 e. The maximum atomic E-state index is 12.8. The van der Waals surface area contributed by atoms with Crippen LogP contribution in [0, 0.1) is 6.92 Å². The largest absolute Gasteiger partial charge is 0.335 e. The third kappa shape index (κ3) is 5.34. The molecule has 3 amide bonds. The molecule has 1 saturated heterocycles. The molecule has 2 N–H and O–H groups in total. The van der Waals surface area contributed by atoms with Crippen LogP contribution in [0.15, 0.2) is 29.2 Å². The molecule has 1 atom stereocenters. The minimum atomic E-state index is -3.54. The molecule has 1 heterocycles. The van der Waals surface area contributed by atoms with Gasteiger partial charge in [0.1, 0.15) is 0 Å². The quantitative estimate of drug-likeness (QED) is 0.749. The van der Waals surface area contributed by atoms with Gasteiger partial charge in [0.15, 0.2) is 0 Å². The van der Waals surface area contributed by atoms with E-state index in [1.165, 1.54) is 4.31 Å². The number of hydrogen-bond donors (Lipinski definition) is 2. The van der Waals surface area contributed by atoms with Gasteiger partial charge in [0.05, 0.1) is 10.9 Å². The summed E-state index contributed by atoms with van der Waals surface area (Å²) in [6.07, 6.45) is 4.11. The summed E-state index contributed by atoms with van der Waals surface area (Å²) in [5, 5.41) is 5.25. The highest BCUT2D eigenvalue weighted by Crippen LogP contribution is 2.19. The first-order chi connectivity index (χ1) is 13.8. The highest BCUT2D eigenvalue weighted by molar-refractivity contribution is 7.89. The molecule has 1 saturated carbocycles. The monoisotopic (exact) mass is 422 g/mol. The second kappa shape index (κ2) is 9.23. The van der Waals surface area contributed by atoms with Crippen LogP contribution in [0.1, 0.15) is 38.2 Å². The number of nitrogens with one attached hydrogen (secondary N) is 2. The SMILES string of the molecule is Cc1ccc(S(=O)(=O)N2CCN(C(C)C(=O)NC(=O)NC3CCCC3)CC2)cc1. The van der Waals surface area contributed by atoms with Gasteiger partial charge in [-0.1, -0.05) is 30.5 Å². The molecule has 2 fully saturated rings. The number of rotatable bonds is 5. The van der Waals surface area contributed by atoms with E-state index in [0.717, 1.165) is 31.2 Å². The van der Waals surface area contributed by atoms with Gasteiger partial charge in [-0.15, -0.1) is 0 Å². The van der Waals surface area contributed by atoms with Crippen molar-refractivity contribution in [1.29, 1.82) is 0 Å². The lowest BCUT2D eigenvalue weighted by atomic mass is 10.2. The lowest BCUT2D eigenvalue weighted by molar-refractivity contribution is -0.125. The van der Waals surface area contributed by atoms with Crippen molar-refractivity contribution >= 4 is 22.0 Å². The molecule has 1 aliphatic heterocycles. The number of amides is 3. The lowest BCUT2D eigenvalue weighted by Crippen LogP contribution is -2.56. The number of hydrogen-bond acceptors (Lipinski definition) is 5. The Bertz CT molecular complexity index is 827. The zero-order valence-corrected chi connectivity index (χ0v) is 17.9. The average molecular weight is 423 g/mol. The molecule has 0 radical (unpaired) electrons. The number of nitrogens with zero attached hydrogens (tertiary/aromatic N) is 2. The average Bonchev–Trinajstić information content (AvgIpc) is 3.20. The van der Waals surface area contributed by atoms with Crippen molar-refractivity contribution in [3.63, 3.8) is 0 Å². The Hall–Kier alpha value is -1.97. The van der Waals surface area contributed by atoms with Crippen LogP contribution in [0.25, 0.3) is 0 Å². The van der Waals surface area contributed by atoms with Gasteiger partial charge in [0, 0.05) is 32.2 Å². The number of sulfonamides is 1. The van der Waals surface area contributed by atoms with Crippen molar-refractivity contribution in [2.75, 3.05) is 26.2 Å². The molecular weight excluding hydrogens is 392 g/mol. The summed E-state index contributed by atoms with van der Waals surface area (Å²) in [6, 6.07) is 6.00. The van der Waals surface area contributed by atoms with Crippen LogP contribution in [0.5, 0.6) is 0 Å². The third-order valence-corrected chi connectivity index (χ3v) is 7.70. The van der Waals surface area contributed by atoms with E-state index in [-0.39, 0.29) is 16.8 Å². The number of carbonyl (C=O) groups is 2. The fourth-order valence-corrected chi connectivity index (χ4v) is 5.29. The Balaban J connectivity index is 1.50. The first-order valence-electron chi connectivity index (χ1n) is 10.2. The number of urea groups is 1. The fourth-order valence-electron chi connectivity index (χ4n) is 3.86. The Labute approximate surface area is 172 Å². The van der Waals surface area contributed by atoms with Crippen molar-refractivity contribution < 1.29 is 18.0 Å². The summed E-state index contributed by atoms with van der Waals surface area (Å²) in [6.45, 7) is 5.13. The Morgan fingerprint density at radius 3 is 2.21 bits per heavy atom. The maximum Gasteiger partial charge on any atom is 0.321 e.